The van der Waals surface area contributed by atoms with Crippen LogP contribution in [0.2, 0.25) is 0 Å². The number of benzene rings is 1. The highest BCUT2D eigenvalue weighted by atomic mass is 32.2. The third-order valence-electron chi connectivity index (χ3n) is 9.26. The van der Waals surface area contributed by atoms with Crippen LogP contribution in [-0.4, -0.2) is 80.1 Å². The summed E-state index contributed by atoms with van der Waals surface area (Å²) in [4.78, 5) is 46.4. The molecule has 0 saturated carbocycles. The highest BCUT2D eigenvalue weighted by Crippen LogP contribution is 2.71. The fraction of sp³-hybridized carbons (Fsp3) is 0.606. The Morgan fingerprint density at radius 3 is 2.61 bits per heavy atom. The standard InChI is InChI=1S/C33H46N2O5S/c1-6-9-13-20-40-31(39)27-26-29(37)35(25(22-36)21-24-15-11-10-12-16-24)28(33(26)18-17-32(27,5)41-33)30(38)34(19-8-3)23(4)14-7-2/h6,8,10-12,15-16,23,25-28,36H,1,3,7,9,13-14,17-22H2,2,4-5H3/t23?,25-,26+,27-,28?,32+,33?/m1/s1. The number of hydrogen-bond acceptors (Lipinski definition) is 6. The van der Waals surface area contributed by atoms with Crippen molar-refractivity contribution in [3.8, 4) is 0 Å². The van der Waals surface area contributed by atoms with Crippen LogP contribution in [-0.2, 0) is 25.5 Å². The second-order valence-electron chi connectivity index (χ2n) is 12.0. The van der Waals surface area contributed by atoms with Crippen LogP contribution in [0.1, 0.15) is 64.9 Å². The number of allylic oxidation sites excluding steroid dienone is 1. The van der Waals surface area contributed by atoms with Gasteiger partial charge >= 0.3 is 5.97 Å². The van der Waals surface area contributed by atoms with E-state index < -0.39 is 33.4 Å². The molecule has 2 bridgehead atoms. The average molecular weight is 583 g/mol. The molecule has 41 heavy (non-hydrogen) atoms. The number of esters is 1. The van der Waals surface area contributed by atoms with Crippen molar-refractivity contribution in [3.05, 3.63) is 61.2 Å². The minimum atomic E-state index is -0.787. The van der Waals surface area contributed by atoms with Crippen LogP contribution in [0.4, 0.5) is 0 Å². The number of carbonyl (C=O) groups excluding carboxylic acids is 3. The smallest absolute Gasteiger partial charge is 0.311 e. The van der Waals surface area contributed by atoms with Gasteiger partial charge in [0, 0.05) is 17.3 Å². The third kappa shape index (κ3) is 5.74. The van der Waals surface area contributed by atoms with Gasteiger partial charge in [-0.3, -0.25) is 14.4 Å². The fourth-order valence-electron chi connectivity index (χ4n) is 7.38. The Morgan fingerprint density at radius 2 is 1.98 bits per heavy atom. The van der Waals surface area contributed by atoms with Crippen LogP contribution in [0, 0.1) is 11.8 Å². The second-order valence-corrected chi connectivity index (χ2v) is 13.9. The monoisotopic (exact) mass is 582 g/mol. The molecule has 1 aromatic carbocycles. The van der Waals surface area contributed by atoms with Crippen LogP contribution < -0.4 is 0 Å². The molecule has 3 heterocycles. The summed E-state index contributed by atoms with van der Waals surface area (Å²) in [7, 11) is 0. The topological polar surface area (TPSA) is 87.1 Å². The number of aliphatic hydroxyl groups excluding tert-OH is 1. The van der Waals surface area contributed by atoms with E-state index in [0.29, 0.717) is 25.8 Å². The number of ether oxygens (including phenoxy) is 1. The normalized spacial score (nSPS) is 29.6. The van der Waals surface area contributed by atoms with Crippen molar-refractivity contribution in [2.75, 3.05) is 19.8 Å². The zero-order chi connectivity index (χ0) is 29.8. The Bertz CT molecular complexity index is 1130. The van der Waals surface area contributed by atoms with Crippen molar-refractivity contribution in [2.45, 2.75) is 93.3 Å². The molecule has 1 aromatic rings. The number of unbranched alkanes of at least 4 members (excludes halogenated alkanes) is 1. The molecule has 0 radical (unpaired) electrons. The summed E-state index contributed by atoms with van der Waals surface area (Å²) in [5.41, 5.74) is 0.976. The first-order valence-corrected chi connectivity index (χ1v) is 15.9. The molecule has 3 fully saturated rings. The summed E-state index contributed by atoms with van der Waals surface area (Å²) in [6, 6.07) is 8.31. The predicted octanol–water partition coefficient (Wildman–Crippen LogP) is 4.78. The van der Waals surface area contributed by atoms with Gasteiger partial charge in [-0.15, -0.1) is 24.9 Å². The molecule has 7 atom stereocenters. The number of amides is 2. The molecule has 0 aliphatic carbocycles. The Kier molecular flexibility index (Phi) is 10.1. The summed E-state index contributed by atoms with van der Waals surface area (Å²) >= 11 is 1.64. The van der Waals surface area contributed by atoms with Crippen LogP contribution in [0.15, 0.2) is 55.6 Å². The summed E-state index contributed by atoms with van der Waals surface area (Å²) in [5, 5.41) is 10.7. The second kappa shape index (κ2) is 13.2. The summed E-state index contributed by atoms with van der Waals surface area (Å²) in [6.07, 6.45) is 8.50. The van der Waals surface area contributed by atoms with E-state index in [0.717, 1.165) is 31.2 Å². The molecular weight excluding hydrogens is 536 g/mol. The molecule has 3 aliphatic heterocycles. The van der Waals surface area contributed by atoms with E-state index in [1.807, 2.05) is 49.1 Å². The molecular formula is C33H46N2O5S. The van der Waals surface area contributed by atoms with Gasteiger partial charge in [0.2, 0.25) is 11.8 Å². The van der Waals surface area contributed by atoms with Crippen molar-refractivity contribution < 1.29 is 24.2 Å². The number of nitrogens with zero attached hydrogens (tertiary/aromatic N) is 2. The number of aliphatic hydroxyl groups is 1. The van der Waals surface area contributed by atoms with E-state index >= 15 is 0 Å². The first-order valence-electron chi connectivity index (χ1n) is 15.0. The largest absolute Gasteiger partial charge is 0.465 e. The number of hydrogen-bond donors (Lipinski definition) is 1. The maximum absolute atomic E-state index is 14.7. The Hall–Kier alpha value is -2.58. The summed E-state index contributed by atoms with van der Waals surface area (Å²) < 4.78 is 4.49. The molecule has 1 spiro atoms. The van der Waals surface area contributed by atoms with Gasteiger partial charge in [-0.2, -0.15) is 0 Å². The quantitative estimate of drug-likeness (QED) is 0.182. The molecule has 3 aliphatic rings. The SMILES string of the molecule is C=CCCCOC(=O)[C@H]1[C@H]2C(=O)N([C@@H](CO)Cc3ccccc3)C(C(=O)N(CC=C)C(C)CCC)C23CC[C@]1(C)S3. The molecule has 2 amide bonds. The van der Waals surface area contributed by atoms with E-state index in [1.165, 1.54) is 0 Å². The van der Waals surface area contributed by atoms with Crippen LogP contribution in [0.3, 0.4) is 0 Å². The lowest BCUT2D eigenvalue weighted by atomic mass is 9.66. The van der Waals surface area contributed by atoms with Crippen LogP contribution >= 0.6 is 11.8 Å². The third-order valence-corrected chi connectivity index (χ3v) is 11.3. The lowest BCUT2D eigenvalue weighted by Gasteiger charge is -2.41. The van der Waals surface area contributed by atoms with Gasteiger partial charge in [-0.25, -0.2) is 0 Å². The van der Waals surface area contributed by atoms with Gasteiger partial charge in [0.1, 0.15) is 6.04 Å². The van der Waals surface area contributed by atoms with Gasteiger partial charge in [0.15, 0.2) is 0 Å². The van der Waals surface area contributed by atoms with Crippen molar-refractivity contribution in [2.24, 2.45) is 11.8 Å². The average Bonchev–Trinajstić information content (AvgIpc) is 3.53. The van der Waals surface area contributed by atoms with E-state index in [2.05, 4.69) is 20.1 Å². The number of rotatable bonds is 15. The van der Waals surface area contributed by atoms with Gasteiger partial charge < -0.3 is 19.6 Å². The summed E-state index contributed by atoms with van der Waals surface area (Å²) in [5.74, 6) is -2.02. The summed E-state index contributed by atoms with van der Waals surface area (Å²) in [6.45, 7) is 14.2. The Morgan fingerprint density at radius 1 is 1.24 bits per heavy atom. The number of thioether (sulfide) groups is 1. The number of carbonyl (C=O) groups is 3. The minimum Gasteiger partial charge on any atom is -0.465 e. The van der Waals surface area contributed by atoms with Crippen molar-refractivity contribution in [3.63, 3.8) is 0 Å². The first-order chi connectivity index (χ1) is 19.7. The number of fused-ring (bicyclic) bond motifs is 1. The first kappa shape index (κ1) is 31.4. The lowest BCUT2D eigenvalue weighted by Crippen LogP contribution is -2.59. The van der Waals surface area contributed by atoms with Crippen molar-refractivity contribution in [1.29, 1.82) is 0 Å². The van der Waals surface area contributed by atoms with Crippen LogP contribution in [0.5, 0.6) is 0 Å². The highest BCUT2D eigenvalue weighted by molar-refractivity contribution is 8.02. The minimum absolute atomic E-state index is 0.0376. The van der Waals surface area contributed by atoms with Gasteiger partial charge in [0.25, 0.3) is 0 Å². The van der Waals surface area contributed by atoms with E-state index in [9.17, 15) is 19.5 Å². The number of likely N-dealkylation sites (tertiary alicyclic amines) is 1. The molecule has 3 saturated heterocycles. The van der Waals surface area contributed by atoms with E-state index in [-0.39, 0.29) is 37.0 Å². The molecule has 8 heteroatoms. The maximum atomic E-state index is 14.7. The van der Waals surface area contributed by atoms with Crippen molar-refractivity contribution >= 4 is 29.5 Å². The van der Waals surface area contributed by atoms with Crippen molar-refractivity contribution in [1.82, 2.24) is 9.80 Å². The molecule has 0 aromatic heterocycles. The van der Waals surface area contributed by atoms with E-state index in [1.54, 1.807) is 28.8 Å². The van der Waals surface area contributed by atoms with E-state index in [4.69, 9.17) is 4.74 Å². The van der Waals surface area contributed by atoms with Gasteiger partial charge in [-0.05, 0) is 57.9 Å². The Labute approximate surface area is 249 Å². The highest BCUT2D eigenvalue weighted by Gasteiger charge is 2.78. The van der Waals surface area contributed by atoms with Gasteiger partial charge in [-0.1, -0.05) is 55.8 Å². The zero-order valence-electron chi connectivity index (χ0n) is 24.8. The zero-order valence-corrected chi connectivity index (χ0v) is 25.6. The maximum Gasteiger partial charge on any atom is 0.311 e. The molecule has 4 rings (SSSR count). The molecule has 7 nitrogen and oxygen atoms in total. The van der Waals surface area contributed by atoms with Gasteiger partial charge in [0.05, 0.1) is 35.8 Å². The molecule has 3 unspecified atom stereocenters. The lowest BCUT2D eigenvalue weighted by molar-refractivity contribution is -0.156. The van der Waals surface area contributed by atoms with Crippen LogP contribution in [0.25, 0.3) is 0 Å². The molecule has 224 valence electrons. The molecule has 1 N–H and O–H groups in total. The predicted molar refractivity (Wildman–Crippen MR) is 163 cm³/mol. The Balaban J connectivity index is 1.77. The fourth-order valence-corrected chi connectivity index (χ4v) is 9.70.